The summed E-state index contributed by atoms with van der Waals surface area (Å²) >= 11 is 0. The molecule has 162 valence electrons. The van der Waals surface area contributed by atoms with E-state index in [9.17, 15) is 13.2 Å². The summed E-state index contributed by atoms with van der Waals surface area (Å²) in [5.74, 6) is -0.427. The van der Waals surface area contributed by atoms with Gasteiger partial charge in [0, 0.05) is 13.1 Å². The summed E-state index contributed by atoms with van der Waals surface area (Å²) in [5, 5.41) is 3.08. The van der Waals surface area contributed by atoms with Gasteiger partial charge in [0.25, 0.3) is 0 Å². The van der Waals surface area contributed by atoms with Gasteiger partial charge in [-0.2, -0.15) is 4.31 Å². The molecule has 30 heavy (non-hydrogen) atoms. The minimum Gasteiger partial charge on any atom is -0.349 e. The van der Waals surface area contributed by atoms with Gasteiger partial charge in [0.1, 0.15) is 0 Å². The third-order valence-corrected chi connectivity index (χ3v) is 7.65. The van der Waals surface area contributed by atoms with E-state index in [4.69, 9.17) is 0 Å². The van der Waals surface area contributed by atoms with Crippen molar-refractivity contribution in [1.82, 2.24) is 9.62 Å². The first-order valence-electron chi connectivity index (χ1n) is 10.5. The highest BCUT2D eigenvalue weighted by Gasteiger charge is 2.33. The Balaban J connectivity index is 1.65. The molecule has 1 N–H and O–H groups in total. The SMILES string of the molecule is C[C@H](NC(=O)[C@H]1CCCN(S(=O)(=O)c2ccccc2)C1)c1ccc(C(C)(C)C)cc1. The Kier molecular flexibility index (Phi) is 6.68. The van der Waals surface area contributed by atoms with Gasteiger partial charge in [0.2, 0.25) is 15.9 Å². The third kappa shape index (κ3) is 5.10. The van der Waals surface area contributed by atoms with Gasteiger partial charge in [-0.25, -0.2) is 8.42 Å². The highest BCUT2D eigenvalue weighted by Crippen LogP contribution is 2.26. The second-order valence-electron chi connectivity index (χ2n) is 9.12. The Morgan fingerprint density at radius 3 is 2.30 bits per heavy atom. The van der Waals surface area contributed by atoms with Crippen molar-refractivity contribution in [2.24, 2.45) is 5.92 Å². The van der Waals surface area contributed by atoms with Crippen LogP contribution in [0.1, 0.15) is 57.7 Å². The lowest BCUT2D eigenvalue weighted by molar-refractivity contribution is -0.126. The molecule has 0 radical (unpaired) electrons. The summed E-state index contributed by atoms with van der Waals surface area (Å²) in [5.41, 5.74) is 2.38. The molecule has 6 heteroatoms. The zero-order valence-corrected chi connectivity index (χ0v) is 19.1. The fourth-order valence-electron chi connectivity index (χ4n) is 3.80. The quantitative estimate of drug-likeness (QED) is 0.774. The van der Waals surface area contributed by atoms with E-state index in [-0.39, 0.29) is 34.7 Å². The molecule has 1 aliphatic heterocycles. The Labute approximate surface area is 180 Å². The molecule has 3 rings (SSSR count). The van der Waals surface area contributed by atoms with E-state index in [1.54, 1.807) is 30.3 Å². The van der Waals surface area contributed by atoms with Crippen LogP contribution in [0.15, 0.2) is 59.5 Å². The molecule has 0 aliphatic carbocycles. The van der Waals surface area contributed by atoms with Crippen molar-refractivity contribution >= 4 is 15.9 Å². The van der Waals surface area contributed by atoms with E-state index in [2.05, 4.69) is 50.4 Å². The lowest BCUT2D eigenvalue weighted by Crippen LogP contribution is -2.45. The topological polar surface area (TPSA) is 66.5 Å². The van der Waals surface area contributed by atoms with Crippen LogP contribution in [0.5, 0.6) is 0 Å². The normalized spacial score (nSPS) is 19.3. The largest absolute Gasteiger partial charge is 0.349 e. The third-order valence-electron chi connectivity index (χ3n) is 5.77. The van der Waals surface area contributed by atoms with Gasteiger partial charge in [-0.15, -0.1) is 0 Å². The van der Waals surface area contributed by atoms with Crippen molar-refractivity contribution in [1.29, 1.82) is 0 Å². The molecule has 1 aliphatic rings. The minimum absolute atomic E-state index is 0.0841. The molecule has 0 aromatic heterocycles. The number of carbonyl (C=O) groups excluding carboxylic acids is 1. The predicted molar refractivity (Wildman–Crippen MR) is 120 cm³/mol. The molecule has 2 atom stereocenters. The highest BCUT2D eigenvalue weighted by molar-refractivity contribution is 7.89. The van der Waals surface area contributed by atoms with Crippen molar-refractivity contribution in [3.63, 3.8) is 0 Å². The summed E-state index contributed by atoms with van der Waals surface area (Å²) in [6, 6.07) is 16.6. The number of hydrogen-bond acceptors (Lipinski definition) is 3. The fraction of sp³-hybridized carbons (Fsp3) is 0.458. The van der Waals surface area contributed by atoms with Gasteiger partial charge in [0.15, 0.2) is 0 Å². The molecule has 2 aromatic carbocycles. The van der Waals surface area contributed by atoms with Crippen LogP contribution in [-0.4, -0.2) is 31.7 Å². The zero-order chi connectivity index (χ0) is 21.9. The van der Waals surface area contributed by atoms with E-state index in [0.29, 0.717) is 19.4 Å². The summed E-state index contributed by atoms with van der Waals surface area (Å²) in [6.45, 7) is 9.15. The van der Waals surface area contributed by atoms with Crippen molar-refractivity contribution in [2.45, 2.75) is 56.9 Å². The maximum absolute atomic E-state index is 12.9. The van der Waals surface area contributed by atoms with Crippen molar-refractivity contribution in [3.8, 4) is 0 Å². The van der Waals surface area contributed by atoms with E-state index in [1.807, 2.05) is 6.92 Å². The van der Waals surface area contributed by atoms with E-state index >= 15 is 0 Å². The van der Waals surface area contributed by atoms with Gasteiger partial charge in [-0.3, -0.25) is 4.79 Å². The molecule has 0 bridgehead atoms. The Morgan fingerprint density at radius 2 is 1.70 bits per heavy atom. The fourth-order valence-corrected chi connectivity index (χ4v) is 5.35. The molecular weight excluding hydrogens is 396 g/mol. The van der Waals surface area contributed by atoms with Gasteiger partial charge < -0.3 is 5.32 Å². The lowest BCUT2D eigenvalue weighted by Gasteiger charge is -2.32. The van der Waals surface area contributed by atoms with E-state index in [0.717, 1.165) is 5.56 Å². The molecule has 1 amide bonds. The maximum atomic E-state index is 12.9. The smallest absolute Gasteiger partial charge is 0.243 e. The van der Waals surface area contributed by atoms with Crippen LogP contribution in [0.2, 0.25) is 0 Å². The van der Waals surface area contributed by atoms with Crippen LogP contribution < -0.4 is 5.32 Å². The first-order chi connectivity index (χ1) is 14.1. The first-order valence-corrected chi connectivity index (χ1v) is 12.0. The number of sulfonamides is 1. The number of hydrogen-bond donors (Lipinski definition) is 1. The summed E-state index contributed by atoms with van der Waals surface area (Å²) in [4.78, 5) is 13.2. The minimum atomic E-state index is -3.57. The summed E-state index contributed by atoms with van der Waals surface area (Å²) in [6.07, 6.45) is 1.38. The first kappa shape index (κ1) is 22.5. The van der Waals surface area contributed by atoms with Crippen LogP contribution in [0.25, 0.3) is 0 Å². The number of nitrogens with zero attached hydrogens (tertiary/aromatic N) is 1. The predicted octanol–water partition coefficient (Wildman–Crippen LogP) is 4.26. The van der Waals surface area contributed by atoms with Crippen LogP contribution in [0, 0.1) is 5.92 Å². The average molecular weight is 429 g/mol. The second-order valence-corrected chi connectivity index (χ2v) is 11.1. The summed E-state index contributed by atoms with van der Waals surface area (Å²) in [7, 11) is -3.57. The zero-order valence-electron chi connectivity index (χ0n) is 18.3. The van der Waals surface area contributed by atoms with Crippen LogP contribution in [-0.2, 0) is 20.2 Å². The lowest BCUT2D eigenvalue weighted by atomic mass is 9.86. The van der Waals surface area contributed by atoms with Crippen molar-refractivity contribution < 1.29 is 13.2 Å². The molecule has 1 heterocycles. The second kappa shape index (κ2) is 8.90. The Hall–Kier alpha value is -2.18. The number of nitrogens with one attached hydrogen (secondary N) is 1. The Bertz CT molecular complexity index is 964. The molecule has 0 spiro atoms. The average Bonchev–Trinajstić information content (AvgIpc) is 2.74. The maximum Gasteiger partial charge on any atom is 0.243 e. The molecular formula is C24H32N2O3S. The molecule has 1 saturated heterocycles. The molecule has 1 fully saturated rings. The van der Waals surface area contributed by atoms with Gasteiger partial charge >= 0.3 is 0 Å². The number of carbonyl (C=O) groups is 1. The number of benzene rings is 2. The monoisotopic (exact) mass is 428 g/mol. The van der Waals surface area contributed by atoms with Crippen LogP contribution in [0.3, 0.4) is 0 Å². The Morgan fingerprint density at radius 1 is 1.07 bits per heavy atom. The van der Waals surface area contributed by atoms with Gasteiger partial charge in [0.05, 0.1) is 16.9 Å². The van der Waals surface area contributed by atoms with E-state index < -0.39 is 10.0 Å². The molecule has 0 unspecified atom stereocenters. The van der Waals surface area contributed by atoms with Crippen LogP contribution in [0.4, 0.5) is 0 Å². The summed E-state index contributed by atoms with van der Waals surface area (Å²) < 4.78 is 27.3. The molecule has 5 nitrogen and oxygen atoms in total. The van der Waals surface area contributed by atoms with Gasteiger partial charge in [-0.1, -0.05) is 63.2 Å². The van der Waals surface area contributed by atoms with Gasteiger partial charge in [-0.05, 0) is 48.4 Å². The number of piperidine rings is 1. The highest BCUT2D eigenvalue weighted by atomic mass is 32.2. The van der Waals surface area contributed by atoms with Crippen molar-refractivity contribution in [2.75, 3.05) is 13.1 Å². The van der Waals surface area contributed by atoms with Crippen LogP contribution >= 0.6 is 0 Å². The van der Waals surface area contributed by atoms with Crippen molar-refractivity contribution in [3.05, 3.63) is 65.7 Å². The standard InChI is InChI=1S/C24H32N2O3S/c1-18(19-12-14-21(15-13-19)24(2,3)4)25-23(27)20-9-8-16-26(17-20)30(28,29)22-10-6-5-7-11-22/h5-7,10-15,18,20H,8-9,16-17H2,1-4H3,(H,25,27)/t18-,20-/m0/s1. The number of amides is 1. The molecule has 2 aromatic rings. The number of rotatable bonds is 5. The van der Waals surface area contributed by atoms with E-state index in [1.165, 1.54) is 9.87 Å². The molecule has 0 saturated carbocycles.